The molecule has 0 radical (unpaired) electrons. The summed E-state index contributed by atoms with van der Waals surface area (Å²) in [5, 5.41) is 6.56. The van der Waals surface area contributed by atoms with E-state index in [0.717, 1.165) is 18.3 Å². The number of aryl methyl sites for hydroxylation is 1. The molecule has 0 spiro atoms. The highest BCUT2D eigenvalue weighted by Gasteiger charge is 2.00. The van der Waals surface area contributed by atoms with Crippen molar-refractivity contribution in [3.63, 3.8) is 0 Å². The Bertz CT molecular complexity index is 667. The van der Waals surface area contributed by atoms with Crippen LogP contribution in [-0.4, -0.2) is 32.8 Å². The Morgan fingerprint density at radius 1 is 0.962 bits per heavy atom. The quantitative estimate of drug-likeness (QED) is 0.412. The molecule has 140 valence electrons. The molecule has 0 saturated carbocycles. The van der Waals surface area contributed by atoms with E-state index in [-0.39, 0.29) is 0 Å². The number of rotatable bonds is 9. The van der Waals surface area contributed by atoms with Gasteiger partial charge in [-0.15, -0.1) is 0 Å². The predicted molar refractivity (Wildman–Crippen MR) is 107 cm³/mol. The van der Waals surface area contributed by atoms with Gasteiger partial charge >= 0.3 is 0 Å². The summed E-state index contributed by atoms with van der Waals surface area (Å²) in [4.78, 5) is 4.24. The maximum Gasteiger partial charge on any atom is 0.191 e. The summed E-state index contributed by atoms with van der Waals surface area (Å²) < 4.78 is 11.1. The van der Waals surface area contributed by atoms with E-state index in [1.165, 1.54) is 16.7 Å². The van der Waals surface area contributed by atoms with Crippen LogP contribution in [0.2, 0.25) is 0 Å². The largest absolute Gasteiger partial charge is 0.492 e. The molecule has 2 N–H and O–H groups in total. The fourth-order valence-corrected chi connectivity index (χ4v) is 2.35. The highest BCUT2D eigenvalue weighted by molar-refractivity contribution is 5.79. The van der Waals surface area contributed by atoms with Gasteiger partial charge in [-0.2, -0.15) is 0 Å². The lowest BCUT2D eigenvalue weighted by molar-refractivity contribution is 0.134. The molecule has 26 heavy (non-hydrogen) atoms. The maximum atomic E-state index is 5.71. The number of nitrogens with zero attached hydrogens (tertiary/aromatic N) is 1. The summed E-state index contributed by atoms with van der Waals surface area (Å²) in [6.45, 7) is 7.44. The van der Waals surface area contributed by atoms with Crippen molar-refractivity contribution in [2.24, 2.45) is 4.99 Å². The van der Waals surface area contributed by atoms with E-state index in [1.807, 2.05) is 31.2 Å². The summed E-state index contributed by atoms with van der Waals surface area (Å²) in [6, 6.07) is 16.5. The van der Waals surface area contributed by atoms with Crippen molar-refractivity contribution in [1.29, 1.82) is 0 Å². The van der Waals surface area contributed by atoms with Gasteiger partial charge in [0, 0.05) is 20.2 Å². The fourth-order valence-electron chi connectivity index (χ4n) is 2.35. The molecule has 2 aromatic rings. The van der Waals surface area contributed by atoms with Crippen molar-refractivity contribution in [2.45, 2.75) is 27.0 Å². The second kappa shape index (κ2) is 11.2. The molecular weight excluding hydrogens is 326 g/mol. The average molecular weight is 355 g/mol. The minimum absolute atomic E-state index is 0.579. The van der Waals surface area contributed by atoms with E-state index in [1.54, 1.807) is 7.05 Å². The van der Waals surface area contributed by atoms with Gasteiger partial charge in [-0.1, -0.05) is 42.0 Å². The maximum absolute atomic E-state index is 5.71. The molecular formula is C21H29N3O2. The van der Waals surface area contributed by atoms with Crippen LogP contribution in [0.5, 0.6) is 5.75 Å². The smallest absolute Gasteiger partial charge is 0.191 e. The van der Waals surface area contributed by atoms with Gasteiger partial charge in [0.1, 0.15) is 12.4 Å². The minimum atomic E-state index is 0.579. The lowest BCUT2D eigenvalue weighted by atomic mass is 10.1. The molecule has 0 aliphatic carbocycles. The Kier molecular flexibility index (Phi) is 8.49. The van der Waals surface area contributed by atoms with Gasteiger partial charge in [0.15, 0.2) is 5.96 Å². The Labute approximate surface area is 156 Å². The van der Waals surface area contributed by atoms with Gasteiger partial charge < -0.3 is 20.1 Å². The van der Waals surface area contributed by atoms with Crippen molar-refractivity contribution >= 4 is 5.96 Å². The van der Waals surface area contributed by atoms with Crippen molar-refractivity contribution in [2.75, 3.05) is 26.8 Å². The molecule has 5 nitrogen and oxygen atoms in total. The normalized spacial score (nSPS) is 11.3. The van der Waals surface area contributed by atoms with Crippen LogP contribution < -0.4 is 15.4 Å². The van der Waals surface area contributed by atoms with E-state index in [0.29, 0.717) is 26.3 Å². The van der Waals surface area contributed by atoms with E-state index >= 15 is 0 Å². The van der Waals surface area contributed by atoms with Gasteiger partial charge in [0.05, 0.1) is 13.2 Å². The van der Waals surface area contributed by atoms with Crippen molar-refractivity contribution in [1.82, 2.24) is 10.6 Å². The zero-order valence-electron chi connectivity index (χ0n) is 15.9. The van der Waals surface area contributed by atoms with Crippen LogP contribution in [-0.2, 0) is 17.9 Å². The molecule has 0 heterocycles. The van der Waals surface area contributed by atoms with Crippen LogP contribution in [0.15, 0.2) is 53.5 Å². The van der Waals surface area contributed by atoms with Crippen LogP contribution in [0.4, 0.5) is 0 Å². The monoisotopic (exact) mass is 355 g/mol. The lowest BCUT2D eigenvalue weighted by Crippen LogP contribution is -2.38. The van der Waals surface area contributed by atoms with Crippen LogP contribution in [0.3, 0.4) is 0 Å². The number of hydrogen-bond donors (Lipinski definition) is 2. The van der Waals surface area contributed by atoms with Gasteiger partial charge in [-0.05, 0) is 37.1 Å². The first kappa shape index (κ1) is 19.8. The Morgan fingerprint density at radius 3 is 2.31 bits per heavy atom. The van der Waals surface area contributed by atoms with Crippen LogP contribution in [0.1, 0.15) is 23.6 Å². The first-order valence-electron chi connectivity index (χ1n) is 9.01. The third-order valence-corrected chi connectivity index (χ3v) is 3.86. The molecule has 0 aliphatic rings. The molecule has 5 heteroatoms. The highest BCUT2D eigenvalue weighted by atomic mass is 16.5. The van der Waals surface area contributed by atoms with E-state index in [9.17, 15) is 0 Å². The average Bonchev–Trinajstić information content (AvgIpc) is 2.68. The molecule has 0 fully saturated rings. The Morgan fingerprint density at radius 2 is 1.65 bits per heavy atom. The summed E-state index contributed by atoms with van der Waals surface area (Å²) in [5.41, 5.74) is 3.61. The van der Waals surface area contributed by atoms with Crippen LogP contribution >= 0.6 is 0 Å². The molecule has 0 amide bonds. The minimum Gasteiger partial charge on any atom is -0.492 e. The Balaban J connectivity index is 1.68. The summed E-state index contributed by atoms with van der Waals surface area (Å²) in [7, 11) is 1.77. The topological polar surface area (TPSA) is 54.9 Å². The molecule has 0 saturated heterocycles. The number of benzene rings is 2. The molecule has 0 atom stereocenters. The molecule has 0 aliphatic heterocycles. The second-order valence-electron chi connectivity index (χ2n) is 5.97. The van der Waals surface area contributed by atoms with Gasteiger partial charge in [0.25, 0.3) is 0 Å². The zero-order valence-corrected chi connectivity index (χ0v) is 15.9. The molecule has 0 unspecified atom stereocenters. The first-order valence-corrected chi connectivity index (χ1v) is 9.01. The molecule has 0 aromatic heterocycles. The van der Waals surface area contributed by atoms with E-state index in [2.05, 4.69) is 46.8 Å². The summed E-state index contributed by atoms with van der Waals surface area (Å²) >= 11 is 0. The van der Waals surface area contributed by atoms with Gasteiger partial charge in [-0.25, -0.2) is 0 Å². The van der Waals surface area contributed by atoms with Crippen molar-refractivity contribution in [3.05, 3.63) is 65.2 Å². The molecule has 0 bridgehead atoms. The number of hydrogen-bond acceptors (Lipinski definition) is 3. The van der Waals surface area contributed by atoms with Gasteiger partial charge in [0.2, 0.25) is 0 Å². The highest BCUT2D eigenvalue weighted by Crippen LogP contribution is 2.10. The van der Waals surface area contributed by atoms with Crippen LogP contribution in [0.25, 0.3) is 0 Å². The van der Waals surface area contributed by atoms with E-state index < -0.39 is 0 Å². The van der Waals surface area contributed by atoms with Gasteiger partial charge in [-0.3, -0.25) is 4.99 Å². The summed E-state index contributed by atoms with van der Waals surface area (Å²) in [5.74, 6) is 1.64. The first-order chi connectivity index (χ1) is 12.7. The molecule has 2 aromatic carbocycles. The van der Waals surface area contributed by atoms with E-state index in [4.69, 9.17) is 9.47 Å². The van der Waals surface area contributed by atoms with Crippen LogP contribution in [0, 0.1) is 6.92 Å². The standard InChI is InChI=1S/C21H29N3O2/c1-4-25-16-19-9-7-18(8-10-19)15-24-21(22-3)23-13-14-26-20-11-5-17(2)6-12-20/h5-12H,4,13-16H2,1-3H3,(H2,22,23,24). The number of aliphatic imine (C=N–C) groups is 1. The Hall–Kier alpha value is -2.53. The van der Waals surface area contributed by atoms with Crippen molar-refractivity contribution < 1.29 is 9.47 Å². The zero-order chi connectivity index (χ0) is 18.6. The fraction of sp³-hybridized carbons (Fsp3) is 0.381. The number of ether oxygens (including phenoxy) is 2. The molecule has 2 rings (SSSR count). The third kappa shape index (κ3) is 7.15. The number of guanidine groups is 1. The van der Waals surface area contributed by atoms with Crippen molar-refractivity contribution in [3.8, 4) is 5.75 Å². The number of nitrogens with one attached hydrogen (secondary N) is 2. The third-order valence-electron chi connectivity index (χ3n) is 3.86. The second-order valence-corrected chi connectivity index (χ2v) is 5.97. The summed E-state index contributed by atoms with van der Waals surface area (Å²) in [6.07, 6.45) is 0. The lowest BCUT2D eigenvalue weighted by Gasteiger charge is -2.13. The predicted octanol–water partition coefficient (Wildman–Crippen LogP) is 3.28. The SMILES string of the molecule is CCOCc1ccc(CNC(=NC)NCCOc2ccc(C)cc2)cc1.